The highest BCUT2D eigenvalue weighted by molar-refractivity contribution is 5.28. The van der Waals surface area contributed by atoms with Crippen LogP contribution < -0.4 is 0 Å². The molecule has 0 radical (unpaired) electrons. The molecule has 1 saturated carbocycles. The highest BCUT2D eigenvalue weighted by Crippen LogP contribution is 2.37. The minimum Gasteiger partial charge on any atom is -0.389 e. The number of benzene rings is 1. The third-order valence-electron chi connectivity index (χ3n) is 3.37. The molecule has 0 spiro atoms. The van der Waals surface area contributed by atoms with Gasteiger partial charge in [0.15, 0.2) is 0 Å². The molecule has 16 heavy (non-hydrogen) atoms. The molecule has 1 aliphatic carbocycles. The van der Waals surface area contributed by atoms with Crippen molar-refractivity contribution in [3.8, 4) is 0 Å². The Morgan fingerprint density at radius 3 is 2.75 bits per heavy atom. The molecule has 0 atom stereocenters. The second kappa shape index (κ2) is 4.15. The van der Waals surface area contributed by atoms with Gasteiger partial charge in [-0.2, -0.15) is 0 Å². The number of methoxy groups -OCH3 is 1. The van der Waals surface area contributed by atoms with E-state index in [1.807, 2.05) is 6.92 Å². The molecular weight excluding hydrogens is 207 g/mol. The van der Waals surface area contributed by atoms with Gasteiger partial charge in [-0.3, -0.25) is 0 Å². The van der Waals surface area contributed by atoms with Crippen molar-refractivity contribution in [3.05, 3.63) is 35.1 Å². The van der Waals surface area contributed by atoms with Gasteiger partial charge in [0.2, 0.25) is 0 Å². The van der Waals surface area contributed by atoms with Gasteiger partial charge in [0.25, 0.3) is 0 Å². The molecule has 1 fully saturated rings. The summed E-state index contributed by atoms with van der Waals surface area (Å²) in [6, 6.07) is 4.70. The molecule has 0 heterocycles. The number of ether oxygens (including phenoxy) is 1. The normalized spacial score (nSPS) is 28.9. The Morgan fingerprint density at radius 1 is 1.50 bits per heavy atom. The van der Waals surface area contributed by atoms with E-state index in [9.17, 15) is 9.50 Å². The maximum Gasteiger partial charge on any atom is 0.123 e. The molecule has 88 valence electrons. The Balaban J connectivity index is 2.05. The molecule has 1 N–H and O–H groups in total. The van der Waals surface area contributed by atoms with E-state index in [-0.39, 0.29) is 11.9 Å². The van der Waals surface area contributed by atoms with Gasteiger partial charge in [0, 0.05) is 26.4 Å². The summed E-state index contributed by atoms with van der Waals surface area (Å²) in [5, 5.41) is 10.2. The van der Waals surface area contributed by atoms with Crippen molar-refractivity contribution >= 4 is 0 Å². The molecule has 0 aliphatic heterocycles. The monoisotopic (exact) mass is 224 g/mol. The molecule has 3 heteroatoms. The van der Waals surface area contributed by atoms with Crippen molar-refractivity contribution < 1.29 is 14.2 Å². The van der Waals surface area contributed by atoms with E-state index in [4.69, 9.17) is 4.74 Å². The molecule has 1 aromatic carbocycles. The second-order valence-electron chi connectivity index (χ2n) is 4.74. The molecular formula is C13H17FO2. The van der Waals surface area contributed by atoms with Gasteiger partial charge >= 0.3 is 0 Å². The van der Waals surface area contributed by atoms with Gasteiger partial charge in [0.05, 0.1) is 11.7 Å². The summed E-state index contributed by atoms with van der Waals surface area (Å²) in [4.78, 5) is 0. The number of halogens is 1. The molecule has 0 unspecified atom stereocenters. The highest BCUT2D eigenvalue weighted by atomic mass is 19.1. The molecule has 0 aromatic heterocycles. The van der Waals surface area contributed by atoms with E-state index < -0.39 is 5.60 Å². The minimum absolute atomic E-state index is 0.172. The van der Waals surface area contributed by atoms with E-state index in [1.165, 1.54) is 12.1 Å². The van der Waals surface area contributed by atoms with Gasteiger partial charge in [-0.1, -0.05) is 6.07 Å². The fourth-order valence-corrected chi connectivity index (χ4v) is 2.31. The lowest BCUT2D eigenvalue weighted by Gasteiger charge is -2.43. The Labute approximate surface area is 95.1 Å². The van der Waals surface area contributed by atoms with Gasteiger partial charge in [-0.05, 0) is 30.2 Å². The van der Waals surface area contributed by atoms with Crippen LogP contribution in [0.25, 0.3) is 0 Å². The summed E-state index contributed by atoms with van der Waals surface area (Å²) in [7, 11) is 1.66. The van der Waals surface area contributed by atoms with Crippen LogP contribution in [-0.4, -0.2) is 23.9 Å². The van der Waals surface area contributed by atoms with Crippen molar-refractivity contribution in [1.82, 2.24) is 0 Å². The number of aliphatic hydroxyl groups is 1. The van der Waals surface area contributed by atoms with Crippen LogP contribution >= 0.6 is 0 Å². The van der Waals surface area contributed by atoms with E-state index in [1.54, 1.807) is 13.2 Å². The van der Waals surface area contributed by atoms with E-state index >= 15 is 0 Å². The first kappa shape index (κ1) is 11.6. The molecule has 2 rings (SSSR count). The smallest absolute Gasteiger partial charge is 0.123 e. The van der Waals surface area contributed by atoms with Crippen molar-refractivity contribution in [2.24, 2.45) is 0 Å². The zero-order valence-electron chi connectivity index (χ0n) is 9.66. The molecule has 0 amide bonds. The molecule has 0 bridgehead atoms. The van der Waals surface area contributed by atoms with Crippen LogP contribution in [0.4, 0.5) is 4.39 Å². The SMILES string of the molecule is COC1CC(O)(Cc2ccc(F)cc2C)C1. The quantitative estimate of drug-likeness (QED) is 0.853. The summed E-state index contributed by atoms with van der Waals surface area (Å²) < 4.78 is 18.1. The average Bonchev–Trinajstić information content (AvgIpc) is 2.18. The average molecular weight is 224 g/mol. The predicted octanol–water partition coefficient (Wildman–Crippen LogP) is 2.22. The van der Waals surface area contributed by atoms with Gasteiger partial charge in [0.1, 0.15) is 5.82 Å². The van der Waals surface area contributed by atoms with Crippen molar-refractivity contribution in [2.75, 3.05) is 7.11 Å². The van der Waals surface area contributed by atoms with Crippen LogP contribution in [0.1, 0.15) is 24.0 Å². The summed E-state index contributed by atoms with van der Waals surface area (Å²) in [6.45, 7) is 1.87. The maximum absolute atomic E-state index is 12.9. The Kier molecular flexibility index (Phi) is 3.00. The second-order valence-corrected chi connectivity index (χ2v) is 4.74. The topological polar surface area (TPSA) is 29.5 Å². The fraction of sp³-hybridized carbons (Fsp3) is 0.538. The van der Waals surface area contributed by atoms with Crippen LogP contribution in [0.15, 0.2) is 18.2 Å². The van der Waals surface area contributed by atoms with Gasteiger partial charge in [-0.25, -0.2) is 4.39 Å². The lowest BCUT2D eigenvalue weighted by Crippen LogP contribution is -2.49. The highest BCUT2D eigenvalue weighted by Gasteiger charge is 2.42. The van der Waals surface area contributed by atoms with E-state index in [0.717, 1.165) is 11.1 Å². The van der Waals surface area contributed by atoms with Gasteiger partial charge < -0.3 is 9.84 Å². The zero-order chi connectivity index (χ0) is 11.8. The number of hydrogen-bond donors (Lipinski definition) is 1. The predicted molar refractivity (Wildman–Crippen MR) is 59.8 cm³/mol. The standard InChI is InChI=1S/C13H17FO2/c1-9-5-11(14)4-3-10(9)6-13(15)7-12(8-13)16-2/h3-5,12,15H,6-8H2,1-2H3. The van der Waals surface area contributed by atoms with E-state index in [2.05, 4.69) is 0 Å². The minimum atomic E-state index is -0.663. The van der Waals surface area contributed by atoms with Crippen LogP contribution in [0.5, 0.6) is 0 Å². The summed E-state index contributed by atoms with van der Waals surface area (Å²) in [5.41, 5.74) is 1.25. The molecule has 0 saturated heterocycles. The summed E-state index contributed by atoms with van der Waals surface area (Å²) in [5.74, 6) is -0.225. The number of hydrogen-bond acceptors (Lipinski definition) is 2. The Morgan fingerprint density at radius 2 is 2.19 bits per heavy atom. The molecule has 1 aliphatic rings. The summed E-state index contributed by atoms with van der Waals surface area (Å²) in [6.07, 6.45) is 2.09. The van der Waals surface area contributed by atoms with Crippen LogP contribution in [0.2, 0.25) is 0 Å². The largest absolute Gasteiger partial charge is 0.389 e. The lowest BCUT2D eigenvalue weighted by atomic mass is 9.73. The Bertz CT molecular complexity index is 384. The first-order valence-corrected chi connectivity index (χ1v) is 5.53. The van der Waals surface area contributed by atoms with Crippen LogP contribution in [0.3, 0.4) is 0 Å². The van der Waals surface area contributed by atoms with Crippen LogP contribution in [-0.2, 0) is 11.2 Å². The molecule has 2 nitrogen and oxygen atoms in total. The van der Waals surface area contributed by atoms with Crippen molar-refractivity contribution in [3.63, 3.8) is 0 Å². The third kappa shape index (κ3) is 2.25. The molecule has 1 aromatic rings. The van der Waals surface area contributed by atoms with Crippen molar-refractivity contribution in [1.29, 1.82) is 0 Å². The Hall–Kier alpha value is -0.930. The number of rotatable bonds is 3. The number of aryl methyl sites for hydroxylation is 1. The van der Waals surface area contributed by atoms with E-state index in [0.29, 0.717) is 19.3 Å². The third-order valence-corrected chi connectivity index (χ3v) is 3.37. The fourth-order valence-electron chi connectivity index (χ4n) is 2.31. The first-order chi connectivity index (χ1) is 7.52. The van der Waals surface area contributed by atoms with Crippen molar-refractivity contribution in [2.45, 2.75) is 37.9 Å². The van der Waals surface area contributed by atoms with Gasteiger partial charge in [-0.15, -0.1) is 0 Å². The summed E-state index contributed by atoms with van der Waals surface area (Å²) >= 11 is 0. The lowest BCUT2D eigenvalue weighted by molar-refractivity contribution is -0.126. The maximum atomic E-state index is 12.9. The van der Waals surface area contributed by atoms with Crippen LogP contribution in [0, 0.1) is 12.7 Å². The zero-order valence-corrected chi connectivity index (χ0v) is 9.66. The first-order valence-electron chi connectivity index (χ1n) is 5.53.